The first-order chi connectivity index (χ1) is 12.9. The van der Waals surface area contributed by atoms with E-state index in [4.69, 9.17) is 19.7 Å². The Balaban J connectivity index is 3.99. The van der Waals surface area contributed by atoms with Gasteiger partial charge in [0.2, 0.25) is 0 Å². The number of carbonyl (C=O) groups excluding carboxylic acids is 1. The molecule has 0 fully saturated rings. The average Bonchev–Trinajstić information content (AvgIpc) is 2.65. The topological polar surface area (TPSA) is 117 Å². The highest BCUT2D eigenvalue weighted by molar-refractivity contribution is 7.47. The second-order valence-corrected chi connectivity index (χ2v) is 7.85. The summed E-state index contributed by atoms with van der Waals surface area (Å²) in [5.74, 6) is -0.421. The molecule has 0 aromatic heterocycles. The monoisotopic (exact) mass is 411 g/mol. The SMILES string of the molecule is CCCCCCCCCCOCC(COP(=O)(O)OCCN)OC(=O)CC. The molecule has 0 aromatic rings. The van der Waals surface area contributed by atoms with Crippen LogP contribution in [0.2, 0.25) is 0 Å². The van der Waals surface area contributed by atoms with Gasteiger partial charge >= 0.3 is 13.8 Å². The number of unbranched alkanes of at least 4 members (excludes halogenated alkanes) is 7. The number of phosphoric acid groups is 1. The van der Waals surface area contributed by atoms with Crippen LogP contribution in [0.25, 0.3) is 0 Å². The summed E-state index contributed by atoms with van der Waals surface area (Å²) in [5.41, 5.74) is 5.22. The molecule has 0 aliphatic carbocycles. The summed E-state index contributed by atoms with van der Waals surface area (Å²) in [6, 6.07) is 0. The largest absolute Gasteiger partial charge is 0.472 e. The Hall–Kier alpha value is -0.500. The molecular formula is C18H38NO7P. The van der Waals surface area contributed by atoms with Crippen LogP contribution in [0.15, 0.2) is 0 Å². The molecule has 0 aliphatic heterocycles. The fourth-order valence-corrected chi connectivity index (χ4v) is 3.09. The molecule has 3 N–H and O–H groups in total. The Bertz CT molecular complexity index is 409. The molecule has 2 unspecified atom stereocenters. The molecule has 27 heavy (non-hydrogen) atoms. The predicted octanol–water partition coefficient (Wildman–Crippen LogP) is 3.56. The highest BCUT2D eigenvalue weighted by Gasteiger charge is 2.24. The van der Waals surface area contributed by atoms with E-state index in [1.165, 1.54) is 38.5 Å². The van der Waals surface area contributed by atoms with Crippen LogP contribution in [-0.4, -0.2) is 49.9 Å². The lowest BCUT2D eigenvalue weighted by molar-refractivity contribution is -0.154. The van der Waals surface area contributed by atoms with Gasteiger partial charge in [-0.05, 0) is 6.42 Å². The molecule has 162 valence electrons. The fourth-order valence-electron chi connectivity index (χ4n) is 2.32. The smallest absolute Gasteiger partial charge is 0.457 e. The Morgan fingerprint density at radius 3 is 2.19 bits per heavy atom. The van der Waals surface area contributed by atoms with Gasteiger partial charge in [0, 0.05) is 19.6 Å². The fraction of sp³-hybridized carbons (Fsp3) is 0.944. The quantitative estimate of drug-likeness (QED) is 0.188. The zero-order valence-corrected chi connectivity index (χ0v) is 17.8. The van der Waals surface area contributed by atoms with Crippen molar-refractivity contribution in [2.75, 3.05) is 33.0 Å². The van der Waals surface area contributed by atoms with Crippen molar-refractivity contribution in [3.63, 3.8) is 0 Å². The molecule has 0 saturated heterocycles. The molecule has 0 saturated carbocycles. The third-order valence-corrected chi connectivity index (χ3v) is 4.81. The highest BCUT2D eigenvalue weighted by Crippen LogP contribution is 2.43. The van der Waals surface area contributed by atoms with Gasteiger partial charge in [0.05, 0.1) is 19.8 Å². The minimum Gasteiger partial charge on any atom is -0.457 e. The molecule has 0 heterocycles. The van der Waals surface area contributed by atoms with E-state index in [2.05, 4.69) is 11.4 Å². The van der Waals surface area contributed by atoms with Crippen LogP contribution in [0.5, 0.6) is 0 Å². The second-order valence-electron chi connectivity index (χ2n) is 6.40. The molecular weight excluding hydrogens is 373 g/mol. The van der Waals surface area contributed by atoms with Crippen molar-refractivity contribution in [3.05, 3.63) is 0 Å². The number of nitrogens with two attached hydrogens (primary N) is 1. The third kappa shape index (κ3) is 17.3. The van der Waals surface area contributed by atoms with Crippen LogP contribution in [0.1, 0.15) is 71.6 Å². The highest BCUT2D eigenvalue weighted by atomic mass is 31.2. The average molecular weight is 411 g/mol. The van der Waals surface area contributed by atoms with Crippen molar-refractivity contribution >= 4 is 13.8 Å². The summed E-state index contributed by atoms with van der Waals surface area (Å²) in [6.45, 7) is 4.27. The summed E-state index contributed by atoms with van der Waals surface area (Å²) >= 11 is 0. The lowest BCUT2D eigenvalue weighted by Gasteiger charge is -2.19. The zero-order chi connectivity index (χ0) is 20.4. The summed E-state index contributed by atoms with van der Waals surface area (Å²) in [6.07, 6.45) is 9.07. The standard InChI is InChI=1S/C18H38NO7P/c1-3-5-6-7-8-9-10-11-13-23-15-17(26-18(20)4-2)16-25-27(21,22)24-14-12-19/h17H,3-16,19H2,1-2H3,(H,21,22). The van der Waals surface area contributed by atoms with E-state index in [0.717, 1.165) is 12.8 Å². The molecule has 9 heteroatoms. The number of phosphoric ester groups is 1. The van der Waals surface area contributed by atoms with E-state index in [0.29, 0.717) is 6.61 Å². The number of carbonyl (C=O) groups is 1. The molecule has 0 aromatic carbocycles. The van der Waals surface area contributed by atoms with E-state index in [9.17, 15) is 14.3 Å². The molecule has 0 radical (unpaired) electrons. The van der Waals surface area contributed by atoms with Crippen LogP contribution in [0.4, 0.5) is 0 Å². The zero-order valence-electron chi connectivity index (χ0n) is 16.9. The van der Waals surface area contributed by atoms with Crippen molar-refractivity contribution in [2.24, 2.45) is 5.73 Å². The minimum absolute atomic E-state index is 0.0951. The maximum atomic E-state index is 11.6. The van der Waals surface area contributed by atoms with E-state index < -0.39 is 19.9 Å². The Labute approximate surface area is 163 Å². The van der Waals surface area contributed by atoms with Gasteiger partial charge in [0.25, 0.3) is 0 Å². The summed E-state index contributed by atoms with van der Waals surface area (Å²) in [7, 11) is -4.21. The van der Waals surface area contributed by atoms with Gasteiger partial charge in [-0.3, -0.25) is 13.8 Å². The Morgan fingerprint density at radius 2 is 1.59 bits per heavy atom. The van der Waals surface area contributed by atoms with Crippen LogP contribution >= 0.6 is 7.82 Å². The first kappa shape index (κ1) is 26.5. The predicted molar refractivity (Wildman–Crippen MR) is 104 cm³/mol. The Morgan fingerprint density at radius 1 is 0.963 bits per heavy atom. The summed E-state index contributed by atoms with van der Waals surface area (Å²) in [5, 5.41) is 0. The maximum absolute atomic E-state index is 11.6. The molecule has 0 spiro atoms. The number of esters is 1. The lowest BCUT2D eigenvalue weighted by Crippen LogP contribution is -2.28. The number of hydrogen-bond donors (Lipinski definition) is 2. The van der Waals surface area contributed by atoms with Crippen LogP contribution in [0, 0.1) is 0 Å². The van der Waals surface area contributed by atoms with Crippen molar-refractivity contribution in [2.45, 2.75) is 77.7 Å². The van der Waals surface area contributed by atoms with Gasteiger partial charge in [-0.2, -0.15) is 0 Å². The van der Waals surface area contributed by atoms with Gasteiger partial charge in [0.1, 0.15) is 6.10 Å². The van der Waals surface area contributed by atoms with Crippen molar-refractivity contribution in [3.8, 4) is 0 Å². The van der Waals surface area contributed by atoms with Gasteiger partial charge in [-0.25, -0.2) is 4.57 Å². The van der Waals surface area contributed by atoms with Crippen molar-refractivity contribution < 1.29 is 32.8 Å². The van der Waals surface area contributed by atoms with Crippen LogP contribution < -0.4 is 5.73 Å². The van der Waals surface area contributed by atoms with Crippen molar-refractivity contribution in [1.29, 1.82) is 0 Å². The maximum Gasteiger partial charge on any atom is 0.472 e. The van der Waals surface area contributed by atoms with Crippen LogP contribution in [-0.2, 0) is 27.9 Å². The van der Waals surface area contributed by atoms with Gasteiger partial charge in [-0.1, -0.05) is 58.8 Å². The summed E-state index contributed by atoms with van der Waals surface area (Å²) in [4.78, 5) is 21.0. The molecule has 0 bridgehead atoms. The summed E-state index contributed by atoms with van der Waals surface area (Å²) < 4.78 is 31.9. The molecule has 0 aliphatic rings. The molecule has 8 nitrogen and oxygen atoms in total. The minimum atomic E-state index is -4.21. The van der Waals surface area contributed by atoms with Gasteiger partial charge in [-0.15, -0.1) is 0 Å². The molecule has 0 amide bonds. The normalized spacial score (nSPS) is 14.7. The van der Waals surface area contributed by atoms with Crippen molar-refractivity contribution in [1.82, 2.24) is 0 Å². The van der Waals surface area contributed by atoms with E-state index in [1.807, 2.05) is 0 Å². The van der Waals surface area contributed by atoms with Crippen LogP contribution in [0.3, 0.4) is 0 Å². The van der Waals surface area contributed by atoms with Gasteiger partial charge < -0.3 is 20.1 Å². The third-order valence-electron chi connectivity index (χ3n) is 3.83. The number of ether oxygens (including phenoxy) is 2. The number of hydrogen-bond acceptors (Lipinski definition) is 7. The second kappa shape index (κ2) is 17.6. The Kier molecular flexibility index (Phi) is 17.3. The van der Waals surface area contributed by atoms with E-state index >= 15 is 0 Å². The molecule has 2 atom stereocenters. The van der Waals surface area contributed by atoms with Gasteiger partial charge in [0.15, 0.2) is 0 Å². The van der Waals surface area contributed by atoms with E-state index in [1.54, 1.807) is 6.92 Å². The lowest BCUT2D eigenvalue weighted by atomic mass is 10.1. The molecule has 0 rings (SSSR count). The van der Waals surface area contributed by atoms with E-state index in [-0.39, 0.29) is 32.8 Å². The first-order valence-electron chi connectivity index (χ1n) is 10.0. The number of rotatable bonds is 19. The first-order valence-corrected chi connectivity index (χ1v) is 11.5.